The number of carbonyl (C=O) groups excluding carboxylic acids is 4. The third-order valence-electron chi connectivity index (χ3n) is 11.1. The van der Waals surface area contributed by atoms with Crippen LogP contribution in [0.25, 0.3) is 5.57 Å². The Morgan fingerprint density at radius 3 is 2.12 bits per heavy atom. The van der Waals surface area contributed by atoms with Gasteiger partial charge in [-0.25, -0.2) is 9.69 Å². The van der Waals surface area contributed by atoms with Crippen LogP contribution in [0, 0.1) is 23.7 Å². The number of imide groups is 1. The molecule has 1 aliphatic heterocycles. The van der Waals surface area contributed by atoms with Crippen LogP contribution in [0.3, 0.4) is 0 Å². The fourth-order valence-electron chi connectivity index (χ4n) is 9.01. The number of aromatic carboxylic acids is 1. The Bertz CT molecular complexity index is 2170. The zero-order chi connectivity index (χ0) is 34.9. The molecule has 4 aromatic rings. The number of allylic oxidation sites excluding steroid dienone is 4. The van der Waals surface area contributed by atoms with Crippen LogP contribution in [0.4, 0.5) is 5.69 Å². The number of carbonyl (C=O) groups is 5. The molecule has 0 spiro atoms. The molecule has 2 fully saturated rings. The first-order chi connectivity index (χ1) is 24.1. The van der Waals surface area contributed by atoms with E-state index in [4.69, 9.17) is 0 Å². The van der Waals surface area contributed by atoms with Crippen molar-refractivity contribution >= 4 is 40.6 Å². The minimum Gasteiger partial charge on any atom is -0.508 e. The minimum absolute atomic E-state index is 0.0331. The van der Waals surface area contributed by atoms with Crippen molar-refractivity contribution in [2.24, 2.45) is 23.7 Å². The van der Waals surface area contributed by atoms with Gasteiger partial charge in [0.25, 0.3) is 0 Å². The maximum absolute atomic E-state index is 15.0. The van der Waals surface area contributed by atoms with Crippen molar-refractivity contribution in [1.29, 1.82) is 0 Å². The number of Topliss-reactive ketones (excluding diaryl/α,β-unsaturated/α-hetero) is 1. The normalized spacial score (nSPS) is 27.2. The smallest absolute Gasteiger partial charge is 0.339 e. The zero-order valence-electron chi connectivity index (χ0n) is 26.6. The number of fused-ring (bicyclic) bond motifs is 4. The fourth-order valence-corrected chi connectivity index (χ4v) is 9.01. The van der Waals surface area contributed by atoms with E-state index in [2.05, 4.69) is 0 Å². The Labute approximate surface area is 286 Å². The van der Waals surface area contributed by atoms with Crippen LogP contribution in [0.1, 0.15) is 45.8 Å². The average Bonchev–Trinajstić information content (AvgIpc) is 3.38. The van der Waals surface area contributed by atoms with Gasteiger partial charge in [0, 0.05) is 23.5 Å². The van der Waals surface area contributed by atoms with Gasteiger partial charge in [-0.2, -0.15) is 0 Å². The summed E-state index contributed by atoms with van der Waals surface area (Å²) < 4.78 is 0. The van der Waals surface area contributed by atoms with Crippen LogP contribution in [0.5, 0.6) is 11.5 Å². The number of phenolic OH excluding ortho intramolecular Hbond substituents is 1. The molecule has 1 saturated carbocycles. The van der Waals surface area contributed by atoms with Gasteiger partial charge in [-0.3, -0.25) is 19.2 Å². The SMILES string of the molecule is O=C(O)c1ccc(N2C(=O)C3CC=C4C(CC5C(=O)C(c6ccccc6)=CC(=O)C5(c5ccccc5)C4c4ccc(O)cc4)C3C2=O)cc1O. The van der Waals surface area contributed by atoms with Gasteiger partial charge < -0.3 is 15.3 Å². The van der Waals surface area contributed by atoms with Gasteiger partial charge in [-0.1, -0.05) is 84.4 Å². The summed E-state index contributed by atoms with van der Waals surface area (Å²) in [6.45, 7) is 0. The number of amides is 2. The topological polar surface area (TPSA) is 149 Å². The first-order valence-corrected chi connectivity index (χ1v) is 16.5. The molecule has 4 aliphatic rings. The second-order valence-electron chi connectivity index (χ2n) is 13.4. The van der Waals surface area contributed by atoms with Crippen molar-refractivity contribution < 1.29 is 39.3 Å². The van der Waals surface area contributed by atoms with Crippen molar-refractivity contribution in [2.75, 3.05) is 4.90 Å². The quantitative estimate of drug-likeness (QED) is 0.178. The van der Waals surface area contributed by atoms with E-state index in [1.807, 2.05) is 42.5 Å². The third-order valence-corrected chi connectivity index (χ3v) is 11.1. The second kappa shape index (κ2) is 11.5. The lowest BCUT2D eigenvalue weighted by Crippen LogP contribution is -2.58. The van der Waals surface area contributed by atoms with Crippen molar-refractivity contribution in [2.45, 2.75) is 24.2 Å². The number of rotatable bonds is 5. The number of benzene rings is 4. The van der Waals surface area contributed by atoms with Crippen LogP contribution in [-0.4, -0.2) is 44.7 Å². The van der Waals surface area contributed by atoms with Gasteiger partial charge in [0.05, 0.1) is 22.9 Å². The molecule has 1 saturated heterocycles. The highest BCUT2D eigenvalue weighted by Gasteiger charge is 2.66. The van der Waals surface area contributed by atoms with Gasteiger partial charge in [0.2, 0.25) is 11.8 Å². The monoisotopic (exact) mass is 665 g/mol. The Morgan fingerprint density at radius 1 is 0.780 bits per heavy atom. The molecular weight excluding hydrogens is 634 g/mol. The van der Waals surface area contributed by atoms with Crippen molar-refractivity contribution in [3.8, 4) is 11.5 Å². The van der Waals surface area contributed by atoms with Crippen LogP contribution < -0.4 is 4.90 Å². The van der Waals surface area contributed by atoms with Crippen LogP contribution >= 0.6 is 0 Å². The van der Waals surface area contributed by atoms with E-state index in [0.29, 0.717) is 22.3 Å². The molecule has 50 heavy (non-hydrogen) atoms. The maximum Gasteiger partial charge on any atom is 0.339 e. The number of anilines is 1. The molecule has 6 unspecified atom stereocenters. The van der Waals surface area contributed by atoms with Crippen molar-refractivity contribution in [1.82, 2.24) is 0 Å². The Hall–Kier alpha value is -6.09. The van der Waals surface area contributed by atoms with E-state index in [9.17, 15) is 39.3 Å². The fraction of sp³-hybridized carbons (Fsp3) is 0.195. The highest BCUT2D eigenvalue weighted by atomic mass is 16.4. The number of carboxylic acids is 1. The Balaban J connectivity index is 1.32. The predicted molar refractivity (Wildman–Crippen MR) is 182 cm³/mol. The first kappa shape index (κ1) is 31.2. The van der Waals surface area contributed by atoms with E-state index in [-0.39, 0.29) is 41.4 Å². The summed E-state index contributed by atoms with van der Waals surface area (Å²) in [6, 6.07) is 28.4. The third kappa shape index (κ3) is 4.42. The molecule has 8 rings (SSSR count). The summed E-state index contributed by atoms with van der Waals surface area (Å²) in [6.07, 6.45) is 3.73. The van der Waals surface area contributed by atoms with Gasteiger partial charge in [0.15, 0.2) is 11.6 Å². The van der Waals surface area contributed by atoms with Crippen molar-refractivity contribution in [3.05, 3.63) is 143 Å². The van der Waals surface area contributed by atoms with Crippen LogP contribution in [-0.2, 0) is 24.6 Å². The van der Waals surface area contributed by atoms with E-state index < -0.39 is 58.5 Å². The lowest BCUT2D eigenvalue weighted by atomic mass is 9.44. The molecule has 0 aromatic heterocycles. The Morgan fingerprint density at radius 2 is 1.46 bits per heavy atom. The zero-order valence-corrected chi connectivity index (χ0v) is 26.6. The van der Waals surface area contributed by atoms with E-state index in [1.54, 1.807) is 48.5 Å². The number of hydrogen-bond acceptors (Lipinski definition) is 7. The van der Waals surface area contributed by atoms with Gasteiger partial charge >= 0.3 is 5.97 Å². The number of nitrogens with zero attached hydrogens (tertiary/aromatic N) is 1. The summed E-state index contributed by atoms with van der Waals surface area (Å²) in [5.74, 6) is -7.21. The summed E-state index contributed by atoms with van der Waals surface area (Å²) in [5.41, 5.74) is 1.34. The predicted octanol–water partition coefficient (Wildman–Crippen LogP) is 5.83. The summed E-state index contributed by atoms with van der Waals surface area (Å²) >= 11 is 0. The molecule has 6 atom stereocenters. The molecule has 9 heteroatoms. The van der Waals surface area contributed by atoms with Gasteiger partial charge in [-0.05, 0) is 65.8 Å². The number of phenols is 2. The lowest BCUT2D eigenvalue weighted by molar-refractivity contribution is -0.135. The Kier molecular flexibility index (Phi) is 7.18. The van der Waals surface area contributed by atoms with E-state index in [1.165, 1.54) is 12.1 Å². The average molecular weight is 666 g/mol. The molecule has 3 aliphatic carbocycles. The summed E-state index contributed by atoms with van der Waals surface area (Å²) in [7, 11) is 0. The number of aromatic hydroxyl groups is 2. The highest BCUT2D eigenvalue weighted by Crippen LogP contribution is 2.63. The van der Waals surface area contributed by atoms with E-state index in [0.717, 1.165) is 22.6 Å². The summed E-state index contributed by atoms with van der Waals surface area (Å²) in [4.78, 5) is 70.9. The van der Waals surface area contributed by atoms with Gasteiger partial charge in [0.1, 0.15) is 17.1 Å². The lowest BCUT2D eigenvalue weighted by Gasteiger charge is -2.55. The van der Waals surface area contributed by atoms with Crippen LogP contribution in [0.2, 0.25) is 0 Å². The molecule has 248 valence electrons. The molecule has 0 bridgehead atoms. The number of hydrogen-bond donors (Lipinski definition) is 3. The molecule has 3 N–H and O–H groups in total. The second-order valence-corrected chi connectivity index (χ2v) is 13.4. The van der Waals surface area contributed by atoms with E-state index >= 15 is 0 Å². The van der Waals surface area contributed by atoms with Gasteiger partial charge in [-0.15, -0.1) is 0 Å². The minimum atomic E-state index is -1.38. The maximum atomic E-state index is 15.0. The first-order valence-electron chi connectivity index (χ1n) is 16.5. The molecule has 4 aromatic carbocycles. The molecule has 0 radical (unpaired) electrons. The van der Waals surface area contributed by atoms with Crippen molar-refractivity contribution in [3.63, 3.8) is 0 Å². The molecular formula is C41H31NO8. The summed E-state index contributed by atoms with van der Waals surface area (Å²) in [5, 5.41) is 30.1. The number of ketones is 2. The molecule has 1 heterocycles. The largest absolute Gasteiger partial charge is 0.508 e. The standard InChI is InChI=1S/C41H31NO8/c43-26-14-11-23(12-15-26)36-27-17-18-29-35(39(48)42(38(29)47)25-13-16-28(40(49)50)33(44)19-25)31(27)20-32-37(46)30(22-7-3-1-4-8-22)21-34(45)41(32,36)24-9-5-2-6-10-24/h1-17,19,21,29,31-32,35-36,43-44H,18,20H2,(H,49,50). The molecule has 9 nitrogen and oxygen atoms in total. The number of carboxylic acid groups (broad SMARTS) is 1. The highest BCUT2D eigenvalue weighted by molar-refractivity contribution is 6.32. The molecule has 2 amide bonds. The van der Waals surface area contributed by atoms with Crippen LogP contribution in [0.15, 0.2) is 121 Å².